The molecule has 0 amide bonds. The van der Waals surface area contributed by atoms with Gasteiger partial charge in [-0.15, -0.1) is 0 Å². The summed E-state index contributed by atoms with van der Waals surface area (Å²) >= 11 is 0. The van der Waals surface area contributed by atoms with E-state index in [1.807, 2.05) is 0 Å². The quantitative estimate of drug-likeness (QED) is 0.0816. The Bertz CT molecular complexity index is 363. The van der Waals surface area contributed by atoms with Crippen molar-refractivity contribution in [2.45, 2.75) is 175 Å². The molecule has 0 aromatic rings. The summed E-state index contributed by atoms with van der Waals surface area (Å²) in [7, 11) is 0. The molecule has 0 fully saturated rings. The van der Waals surface area contributed by atoms with Crippen LogP contribution in [-0.2, 0) is 14.2 Å². The molecule has 0 aliphatic rings. The Morgan fingerprint density at radius 1 is 0.382 bits per heavy atom. The number of rotatable bonds is 28. The zero-order valence-corrected chi connectivity index (χ0v) is 24.3. The molecule has 0 radical (unpaired) electrons. The van der Waals surface area contributed by atoms with E-state index in [9.17, 15) is 0 Å². The van der Waals surface area contributed by atoms with E-state index in [4.69, 9.17) is 14.2 Å². The second-order valence-electron chi connectivity index (χ2n) is 10.4. The molecule has 0 aliphatic carbocycles. The molecular weight excluding hydrogens is 420 g/mol. The van der Waals surface area contributed by atoms with Crippen molar-refractivity contribution in [1.29, 1.82) is 0 Å². The van der Waals surface area contributed by atoms with Gasteiger partial charge in [0.05, 0.1) is 19.8 Å². The van der Waals surface area contributed by atoms with Crippen molar-refractivity contribution in [2.24, 2.45) is 5.92 Å². The van der Waals surface area contributed by atoms with Gasteiger partial charge in [0.1, 0.15) is 0 Å². The molecule has 1 unspecified atom stereocenters. The Hall–Kier alpha value is -0.120. The highest BCUT2D eigenvalue weighted by Gasteiger charge is 2.41. The van der Waals surface area contributed by atoms with E-state index >= 15 is 0 Å². The first-order chi connectivity index (χ1) is 16.7. The maximum atomic E-state index is 6.44. The monoisotopic (exact) mass is 484 g/mol. The van der Waals surface area contributed by atoms with Crippen molar-refractivity contribution < 1.29 is 14.2 Å². The first-order valence-corrected chi connectivity index (χ1v) is 15.6. The fourth-order valence-electron chi connectivity index (χ4n) is 4.76. The number of unbranched alkanes of at least 4 members (excludes halogenated alkanes) is 14. The maximum absolute atomic E-state index is 6.44. The summed E-state index contributed by atoms with van der Waals surface area (Å²) in [5.74, 6) is -0.512. The normalized spacial score (nSPS) is 13.0. The first kappa shape index (κ1) is 33.9. The van der Waals surface area contributed by atoms with Gasteiger partial charge < -0.3 is 14.2 Å². The highest BCUT2D eigenvalue weighted by Crippen LogP contribution is 2.35. The van der Waals surface area contributed by atoms with Gasteiger partial charge in [-0.3, -0.25) is 0 Å². The second kappa shape index (κ2) is 26.0. The van der Waals surface area contributed by atoms with E-state index in [1.54, 1.807) is 0 Å². The van der Waals surface area contributed by atoms with Gasteiger partial charge in [0, 0.05) is 5.92 Å². The lowest BCUT2D eigenvalue weighted by molar-refractivity contribution is -0.406. The van der Waals surface area contributed by atoms with E-state index in [0.717, 1.165) is 32.1 Å². The summed E-state index contributed by atoms with van der Waals surface area (Å²) in [6.45, 7) is 13.2. The van der Waals surface area contributed by atoms with Gasteiger partial charge in [0.25, 0.3) is 5.97 Å². The van der Waals surface area contributed by atoms with Gasteiger partial charge >= 0.3 is 0 Å². The molecule has 0 aliphatic heterocycles. The van der Waals surface area contributed by atoms with Crippen LogP contribution in [0.2, 0.25) is 0 Å². The second-order valence-corrected chi connectivity index (χ2v) is 10.4. The predicted octanol–water partition coefficient (Wildman–Crippen LogP) is 10.6. The lowest BCUT2D eigenvalue weighted by atomic mass is 9.91. The minimum atomic E-state index is -0.843. The van der Waals surface area contributed by atoms with E-state index in [0.29, 0.717) is 25.7 Å². The highest BCUT2D eigenvalue weighted by molar-refractivity contribution is 4.74. The van der Waals surface area contributed by atoms with Crippen LogP contribution in [0.1, 0.15) is 169 Å². The van der Waals surface area contributed by atoms with E-state index < -0.39 is 5.97 Å². The van der Waals surface area contributed by atoms with Crippen LogP contribution in [0.4, 0.5) is 0 Å². The zero-order chi connectivity index (χ0) is 25.2. The Balaban J connectivity index is 4.83. The van der Waals surface area contributed by atoms with Crippen molar-refractivity contribution in [2.75, 3.05) is 19.8 Å². The highest BCUT2D eigenvalue weighted by atomic mass is 16.9. The summed E-state index contributed by atoms with van der Waals surface area (Å²) < 4.78 is 19.3. The first-order valence-electron chi connectivity index (χ1n) is 15.6. The average molecular weight is 485 g/mol. The molecule has 1 atom stereocenters. The van der Waals surface area contributed by atoms with Gasteiger partial charge in [-0.05, 0) is 32.1 Å². The van der Waals surface area contributed by atoms with Gasteiger partial charge in [-0.2, -0.15) is 0 Å². The number of hydrogen-bond donors (Lipinski definition) is 0. The fraction of sp³-hybridized carbons (Fsp3) is 1.00. The van der Waals surface area contributed by atoms with Crippen molar-refractivity contribution >= 4 is 0 Å². The Morgan fingerprint density at radius 3 is 0.971 bits per heavy atom. The number of ether oxygens (including phenoxy) is 3. The molecule has 0 spiro atoms. The van der Waals surface area contributed by atoms with Crippen molar-refractivity contribution in [3.8, 4) is 0 Å². The molecule has 3 nitrogen and oxygen atoms in total. The average Bonchev–Trinajstić information content (AvgIpc) is 2.86. The van der Waals surface area contributed by atoms with Crippen LogP contribution in [0.25, 0.3) is 0 Å². The van der Waals surface area contributed by atoms with Crippen LogP contribution in [0.15, 0.2) is 0 Å². The lowest BCUT2D eigenvalue weighted by Gasteiger charge is -2.40. The van der Waals surface area contributed by atoms with E-state index in [1.165, 1.54) is 103 Å². The summed E-state index contributed by atoms with van der Waals surface area (Å²) in [5.41, 5.74) is 0. The largest absolute Gasteiger partial charge is 0.327 e. The molecule has 0 heterocycles. The van der Waals surface area contributed by atoms with Gasteiger partial charge in [-0.1, -0.05) is 137 Å². The summed E-state index contributed by atoms with van der Waals surface area (Å²) in [6.07, 6.45) is 27.0. The molecule has 0 aromatic heterocycles. The van der Waals surface area contributed by atoms with Crippen LogP contribution >= 0.6 is 0 Å². The van der Waals surface area contributed by atoms with Crippen LogP contribution in [0, 0.1) is 5.92 Å². The third-order valence-electron chi connectivity index (χ3n) is 6.83. The summed E-state index contributed by atoms with van der Waals surface area (Å²) in [5, 5.41) is 0. The molecule has 0 saturated carbocycles. The lowest BCUT2D eigenvalue weighted by Crippen LogP contribution is -2.47. The molecule has 3 heteroatoms. The Kier molecular flexibility index (Phi) is 25.9. The Labute approximate surface area is 215 Å². The third-order valence-corrected chi connectivity index (χ3v) is 6.83. The molecule has 0 rings (SSSR count). The zero-order valence-electron chi connectivity index (χ0n) is 24.3. The van der Waals surface area contributed by atoms with Crippen LogP contribution in [0.3, 0.4) is 0 Å². The Morgan fingerprint density at radius 2 is 0.676 bits per heavy atom. The van der Waals surface area contributed by atoms with Gasteiger partial charge in [0.2, 0.25) is 0 Å². The van der Waals surface area contributed by atoms with Gasteiger partial charge in [-0.25, -0.2) is 0 Å². The van der Waals surface area contributed by atoms with Crippen molar-refractivity contribution in [3.63, 3.8) is 0 Å². The smallest absolute Gasteiger partial charge is 0.285 e. The van der Waals surface area contributed by atoms with Crippen LogP contribution in [0.5, 0.6) is 0 Å². The maximum Gasteiger partial charge on any atom is 0.285 e. The fourth-order valence-corrected chi connectivity index (χ4v) is 4.76. The standard InChI is InChI=1S/C31H64O3/c1-6-11-13-15-17-18-19-20-22-24-26-30(25-23-21-16-14-12-7-2)31(32-27-8-3,33-28-9-4)34-29-10-5/h30H,6-29H2,1-5H3. The minimum Gasteiger partial charge on any atom is -0.327 e. The molecule has 0 bridgehead atoms. The number of hydrogen-bond acceptors (Lipinski definition) is 3. The van der Waals surface area contributed by atoms with Crippen LogP contribution in [-0.4, -0.2) is 25.8 Å². The summed E-state index contributed by atoms with van der Waals surface area (Å²) in [4.78, 5) is 0. The molecule has 206 valence electrons. The minimum absolute atomic E-state index is 0.331. The van der Waals surface area contributed by atoms with Crippen LogP contribution < -0.4 is 0 Å². The topological polar surface area (TPSA) is 27.7 Å². The van der Waals surface area contributed by atoms with Crippen molar-refractivity contribution in [1.82, 2.24) is 0 Å². The molecule has 0 saturated heterocycles. The molecule has 0 N–H and O–H groups in total. The SMILES string of the molecule is CCCCCCCCCCCCC(CCCCCCCC)C(OCCC)(OCCC)OCCC. The van der Waals surface area contributed by atoms with E-state index in [2.05, 4.69) is 34.6 Å². The van der Waals surface area contributed by atoms with Crippen molar-refractivity contribution in [3.05, 3.63) is 0 Å². The van der Waals surface area contributed by atoms with Gasteiger partial charge in [0.15, 0.2) is 0 Å². The molecule has 34 heavy (non-hydrogen) atoms. The molecular formula is C31H64O3. The predicted molar refractivity (Wildman–Crippen MR) is 149 cm³/mol. The molecule has 0 aromatic carbocycles. The van der Waals surface area contributed by atoms with E-state index in [-0.39, 0.29) is 0 Å². The summed E-state index contributed by atoms with van der Waals surface area (Å²) in [6, 6.07) is 0. The third kappa shape index (κ3) is 18.2.